The van der Waals surface area contributed by atoms with Crippen molar-refractivity contribution in [1.82, 2.24) is 9.62 Å². The molecule has 1 aromatic carbocycles. The fourth-order valence-electron chi connectivity index (χ4n) is 2.58. The smallest absolute Gasteiger partial charge is 0.253 e. The van der Waals surface area contributed by atoms with Gasteiger partial charge in [-0.1, -0.05) is 23.2 Å². The highest BCUT2D eigenvalue weighted by Gasteiger charge is 2.28. The summed E-state index contributed by atoms with van der Waals surface area (Å²) in [4.78, 5) is 13.0. The molecule has 0 aliphatic carbocycles. The minimum absolute atomic E-state index is 0.224. The van der Waals surface area contributed by atoms with Crippen molar-refractivity contribution in [2.75, 3.05) is 13.1 Å². The summed E-state index contributed by atoms with van der Waals surface area (Å²) in [5, 5.41) is 3.47. The summed E-state index contributed by atoms with van der Waals surface area (Å²) in [5.41, 5.74) is 0.288. The minimum atomic E-state index is -3.42. The average Bonchev–Trinajstić information content (AvgIpc) is 3.27. The maximum atomic E-state index is 12.5. The third kappa shape index (κ3) is 4.17. The zero-order valence-corrected chi connectivity index (χ0v) is 16.3. The van der Waals surface area contributed by atoms with Gasteiger partial charge >= 0.3 is 0 Å². The predicted molar refractivity (Wildman–Crippen MR) is 99.9 cm³/mol. The molecular weight excluding hydrogens is 403 g/mol. The van der Waals surface area contributed by atoms with Gasteiger partial charge in [-0.2, -0.15) is 4.31 Å². The van der Waals surface area contributed by atoms with Crippen LogP contribution in [0.3, 0.4) is 0 Å². The summed E-state index contributed by atoms with van der Waals surface area (Å²) in [7, 11) is -3.42. The highest BCUT2D eigenvalue weighted by Crippen LogP contribution is 2.27. The third-order valence-electron chi connectivity index (χ3n) is 3.89. The number of carbonyl (C=O) groups is 1. The molecule has 1 amide bonds. The molecular formula is C16H16Cl2N2O3S2. The summed E-state index contributed by atoms with van der Waals surface area (Å²) in [6.07, 6.45) is 1.79. The van der Waals surface area contributed by atoms with Crippen LogP contribution in [0, 0.1) is 0 Å². The van der Waals surface area contributed by atoms with Crippen LogP contribution in [0.15, 0.2) is 34.5 Å². The second kappa shape index (κ2) is 7.63. The Hall–Kier alpha value is -1.12. The molecule has 0 bridgehead atoms. The number of thiophene rings is 1. The number of nitrogens with one attached hydrogen (secondary N) is 1. The monoisotopic (exact) mass is 418 g/mol. The lowest BCUT2D eigenvalue weighted by Gasteiger charge is -2.13. The lowest BCUT2D eigenvalue weighted by molar-refractivity contribution is 0.0951. The zero-order valence-electron chi connectivity index (χ0n) is 13.2. The van der Waals surface area contributed by atoms with Crippen molar-refractivity contribution in [3.8, 4) is 0 Å². The summed E-state index contributed by atoms with van der Waals surface area (Å²) >= 11 is 13.1. The van der Waals surface area contributed by atoms with Gasteiger partial charge in [0.15, 0.2) is 0 Å². The van der Waals surface area contributed by atoms with Crippen LogP contribution in [-0.4, -0.2) is 31.7 Å². The van der Waals surface area contributed by atoms with Crippen LogP contribution < -0.4 is 5.32 Å². The van der Waals surface area contributed by atoms with E-state index in [0.29, 0.717) is 27.3 Å². The topological polar surface area (TPSA) is 66.5 Å². The van der Waals surface area contributed by atoms with E-state index in [2.05, 4.69) is 5.32 Å². The van der Waals surface area contributed by atoms with Crippen LogP contribution in [0.2, 0.25) is 10.0 Å². The summed E-state index contributed by atoms with van der Waals surface area (Å²) < 4.78 is 26.8. The van der Waals surface area contributed by atoms with Crippen molar-refractivity contribution in [3.05, 3.63) is 50.8 Å². The Labute approximate surface area is 160 Å². The van der Waals surface area contributed by atoms with Crippen LogP contribution in [0.5, 0.6) is 0 Å². The Morgan fingerprint density at radius 1 is 1.16 bits per heavy atom. The van der Waals surface area contributed by atoms with E-state index in [4.69, 9.17) is 23.2 Å². The highest BCUT2D eigenvalue weighted by atomic mass is 35.5. The molecule has 1 aliphatic heterocycles. The van der Waals surface area contributed by atoms with E-state index in [1.807, 2.05) is 0 Å². The highest BCUT2D eigenvalue weighted by molar-refractivity contribution is 7.91. The van der Waals surface area contributed by atoms with Crippen LogP contribution in [0.25, 0.3) is 0 Å². The van der Waals surface area contributed by atoms with E-state index in [9.17, 15) is 13.2 Å². The van der Waals surface area contributed by atoms with E-state index in [0.717, 1.165) is 17.7 Å². The Kier molecular flexibility index (Phi) is 5.70. The number of carbonyl (C=O) groups excluding carboxylic acids is 1. The first-order chi connectivity index (χ1) is 11.9. The van der Waals surface area contributed by atoms with Crippen molar-refractivity contribution >= 4 is 50.5 Å². The number of hydrogen-bond acceptors (Lipinski definition) is 4. The Morgan fingerprint density at radius 3 is 2.60 bits per heavy atom. The molecule has 134 valence electrons. The second-order valence-corrected chi connectivity index (χ2v) is 9.82. The number of amides is 1. The molecule has 3 rings (SSSR count). The predicted octanol–water partition coefficient (Wildman–Crippen LogP) is 3.77. The Balaban J connectivity index is 1.67. The molecule has 0 unspecified atom stereocenters. The van der Waals surface area contributed by atoms with Gasteiger partial charge in [0.1, 0.15) is 4.21 Å². The lowest BCUT2D eigenvalue weighted by atomic mass is 10.2. The average molecular weight is 419 g/mol. The quantitative estimate of drug-likeness (QED) is 0.803. The molecule has 5 nitrogen and oxygen atoms in total. The van der Waals surface area contributed by atoms with Crippen LogP contribution >= 0.6 is 34.5 Å². The molecule has 0 atom stereocenters. The van der Waals surface area contributed by atoms with Crippen LogP contribution in [0.1, 0.15) is 28.1 Å². The third-order valence-corrected chi connectivity index (χ3v) is 7.91. The molecule has 9 heteroatoms. The van der Waals surface area contributed by atoms with E-state index in [-0.39, 0.29) is 18.0 Å². The molecule has 1 aliphatic rings. The first-order valence-corrected chi connectivity index (χ1v) is 10.7. The van der Waals surface area contributed by atoms with Gasteiger partial charge in [-0.3, -0.25) is 4.79 Å². The van der Waals surface area contributed by atoms with Gasteiger partial charge in [-0.25, -0.2) is 8.42 Å². The van der Waals surface area contributed by atoms with Gasteiger partial charge in [0.05, 0.1) is 17.1 Å². The first-order valence-electron chi connectivity index (χ1n) is 7.70. The first kappa shape index (κ1) is 18.7. The lowest BCUT2D eigenvalue weighted by Crippen LogP contribution is -2.27. The van der Waals surface area contributed by atoms with Gasteiger partial charge in [-0.05, 0) is 43.2 Å². The molecule has 1 aromatic heterocycles. The maximum absolute atomic E-state index is 12.5. The summed E-state index contributed by atoms with van der Waals surface area (Å²) in [5.74, 6) is -0.357. The number of halogens is 2. The molecule has 0 spiro atoms. The van der Waals surface area contributed by atoms with Crippen molar-refractivity contribution in [2.24, 2.45) is 0 Å². The summed E-state index contributed by atoms with van der Waals surface area (Å²) in [6, 6.07) is 7.97. The molecule has 2 heterocycles. The van der Waals surface area contributed by atoms with Gasteiger partial charge in [0, 0.05) is 23.0 Å². The van der Waals surface area contributed by atoms with E-state index < -0.39 is 10.0 Å². The number of rotatable bonds is 5. The standard InChI is InChI=1S/C16H16Cl2N2O3S2/c17-11-3-5-14(18)13(9-11)16(21)19-10-12-4-6-15(24-12)25(22,23)20-7-1-2-8-20/h3-6,9H,1-2,7-8,10H2,(H,19,21). The van der Waals surface area contributed by atoms with Gasteiger partial charge in [0.2, 0.25) is 0 Å². The zero-order chi connectivity index (χ0) is 18.0. The molecule has 0 saturated carbocycles. The Bertz CT molecular complexity index is 891. The normalized spacial score (nSPS) is 15.4. The largest absolute Gasteiger partial charge is 0.347 e. The van der Waals surface area contributed by atoms with E-state index in [1.165, 1.54) is 21.7 Å². The van der Waals surface area contributed by atoms with Gasteiger partial charge < -0.3 is 5.32 Å². The number of hydrogen-bond donors (Lipinski definition) is 1. The van der Waals surface area contributed by atoms with Crippen molar-refractivity contribution in [3.63, 3.8) is 0 Å². The van der Waals surface area contributed by atoms with Gasteiger partial charge in [0.25, 0.3) is 15.9 Å². The van der Waals surface area contributed by atoms with E-state index in [1.54, 1.807) is 24.3 Å². The molecule has 1 saturated heterocycles. The number of nitrogens with zero attached hydrogens (tertiary/aromatic N) is 1. The molecule has 2 aromatic rings. The number of sulfonamides is 1. The second-order valence-electron chi connectivity index (χ2n) is 5.64. The molecule has 1 N–H and O–H groups in total. The SMILES string of the molecule is O=C(NCc1ccc(S(=O)(=O)N2CCCC2)s1)c1cc(Cl)ccc1Cl. The minimum Gasteiger partial charge on any atom is -0.347 e. The molecule has 1 fully saturated rings. The maximum Gasteiger partial charge on any atom is 0.253 e. The fourth-order valence-corrected chi connectivity index (χ4v) is 5.92. The Morgan fingerprint density at radius 2 is 1.88 bits per heavy atom. The molecule has 0 radical (unpaired) electrons. The van der Waals surface area contributed by atoms with Crippen LogP contribution in [-0.2, 0) is 16.6 Å². The molecule has 25 heavy (non-hydrogen) atoms. The number of benzene rings is 1. The van der Waals surface area contributed by atoms with Crippen molar-refractivity contribution < 1.29 is 13.2 Å². The summed E-state index contributed by atoms with van der Waals surface area (Å²) in [6.45, 7) is 1.36. The van der Waals surface area contributed by atoms with E-state index >= 15 is 0 Å². The van der Waals surface area contributed by atoms with Crippen molar-refractivity contribution in [1.29, 1.82) is 0 Å². The fraction of sp³-hybridized carbons (Fsp3) is 0.312. The van der Waals surface area contributed by atoms with Crippen molar-refractivity contribution in [2.45, 2.75) is 23.6 Å². The van der Waals surface area contributed by atoms with Gasteiger partial charge in [-0.15, -0.1) is 11.3 Å². The van der Waals surface area contributed by atoms with Crippen LogP contribution in [0.4, 0.5) is 0 Å².